The maximum Gasteiger partial charge on any atom is 0.252 e. The minimum atomic E-state index is -3.08. The summed E-state index contributed by atoms with van der Waals surface area (Å²) in [6, 6.07) is 13.9. The Balaban J connectivity index is 1.51. The number of halogens is 1. The van der Waals surface area contributed by atoms with Gasteiger partial charge in [0.15, 0.2) is 15.0 Å². The molecule has 0 bridgehead atoms. The van der Waals surface area contributed by atoms with E-state index in [1.165, 1.54) is 23.9 Å². The van der Waals surface area contributed by atoms with E-state index in [4.69, 9.17) is 0 Å². The SMILES string of the molecule is Cc1cccc(CC(=O)N=C2SC3CS(=O)(=O)CC3N2CCc2ccc(F)cc2)c1. The maximum atomic E-state index is 13.2. The lowest BCUT2D eigenvalue weighted by atomic mass is 10.1. The number of hydrogen-bond acceptors (Lipinski definition) is 4. The summed E-state index contributed by atoms with van der Waals surface area (Å²) in [5.41, 5.74) is 2.95. The number of rotatable bonds is 5. The molecule has 2 aliphatic heterocycles. The first-order valence-electron chi connectivity index (χ1n) is 9.84. The number of fused-ring (bicyclic) bond motifs is 1. The molecule has 30 heavy (non-hydrogen) atoms. The van der Waals surface area contributed by atoms with Gasteiger partial charge in [-0.1, -0.05) is 53.7 Å². The highest BCUT2D eigenvalue weighted by Gasteiger charge is 2.48. The van der Waals surface area contributed by atoms with E-state index in [0.29, 0.717) is 18.1 Å². The van der Waals surface area contributed by atoms with Crippen LogP contribution < -0.4 is 0 Å². The number of aliphatic imine (C=N–C) groups is 1. The minimum Gasteiger partial charge on any atom is -0.346 e. The summed E-state index contributed by atoms with van der Waals surface area (Å²) < 4.78 is 37.4. The number of hydrogen-bond donors (Lipinski definition) is 0. The lowest BCUT2D eigenvalue weighted by Crippen LogP contribution is -2.39. The highest BCUT2D eigenvalue weighted by atomic mass is 32.2. The molecule has 0 aromatic heterocycles. The van der Waals surface area contributed by atoms with Crippen LogP contribution in [0.5, 0.6) is 0 Å². The molecular weight excluding hydrogens is 423 g/mol. The molecule has 5 nitrogen and oxygen atoms in total. The highest BCUT2D eigenvalue weighted by molar-refractivity contribution is 8.15. The predicted octanol–water partition coefficient (Wildman–Crippen LogP) is 3.02. The highest BCUT2D eigenvalue weighted by Crippen LogP contribution is 2.38. The summed E-state index contributed by atoms with van der Waals surface area (Å²) in [5, 5.41) is 0.494. The molecule has 2 atom stereocenters. The van der Waals surface area contributed by atoms with Crippen LogP contribution in [0.25, 0.3) is 0 Å². The maximum absolute atomic E-state index is 13.2. The van der Waals surface area contributed by atoms with Gasteiger partial charge in [-0.25, -0.2) is 12.8 Å². The first-order valence-corrected chi connectivity index (χ1v) is 12.5. The molecule has 0 N–H and O–H groups in total. The number of thioether (sulfide) groups is 1. The van der Waals surface area contributed by atoms with Gasteiger partial charge in [0.1, 0.15) is 5.82 Å². The molecule has 4 rings (SSSR count). The number of amidine groups is 1. The summed E-state index contributed by atoms with van der Waals surface area (Å²) in [6.07, 6.45) is 0.834. The lowest BCUT2D eigenvalue weighted by molar-refractivity contribution is -0.117. The summed E-state index contributed by atoms with van der Waals surface area (Å²) in [5.74, 6) is -0.334. The van der Waals surface area contributed by atoms with Crippen molar-refractivity contribution in [2.45, 2.75) is 31.1 Å². The molecule has 2 saturated heterocycles. The monoisotopic (exact) mass is 446 g/mol. The van der Waals surface area contributed by atoms with Crippen molar-refractivity contribution in [2.75, 3.05) is 18.1 Å². The number of benzene rings is 2. The molecule has 0 aliphatic carbocycles. The van der Waals surface area contributed by atoms with Gasteiger partial charge in [-0.3, -0.25) is 4.79 Å². The van der Waals surface area contributed by atoms with Crippen molar-refractivity contribution in [2.24, 2.45) is 4.99 Å². The first-order chi connectivity index (χ1) is 14.3. The molecule has 0 spiro atoms. The van der Waals surface area contributed by atoms with Crippen molar-refractivity contribution in [3.8, 4) is 0 Å². The summed E-state index contributed by atoms with van der Waals surface area (Å²) in [4.78, 5) is 18.9. The number of aryl methyl sites for hydroxylation is 1. The van der Waals surface area contributed by atoms with Crippen LogP contribution >= 0.6 is 11.8 Å². The molecule has 158 valence electrons. The van der Waals surface area contributed by atoms with Crippen LogP contribution in [0.2, 0.25) is 0 Å². The summed E-state index contributed by atoms with van der Waals surface area (Å²) in [6.45, 7) is 2.51. The quantitative estimate of drug-likeness (QED) is 0.706. The number of carbonyl (C=O) groups excluding carboxylic acids is 1. The topological polar surface area (TPSA) is 66.8 Å². The van der Waals surface area contributed by atoms with Crippen LogP contribution in [0.3, 0.4) is 0 Å². The average Bonchev–Trinajstić information content (AvgIpc) is 3.12. The van der Waals surface area contributed by atoms with Crippen LogP contribution in [0.15, 0.2) is 53.5 Å². The van der Waals surface area contributed by atoms with Crippen molar-refractivity contribution in [3.05, 3.63) is 71.0 Å². The van der Waals surface area contributed by atoms with E-state index in [1.807, 2.05) is 36.1 Å². The molecule has 1 amide bonds. The Morgan fingerprint density at radius 1 is 1.17 bits per heavy atom. The Bertz CT molecular complexity index is 1080. The van der Waals surface area contributed by atoms with Gasteiger partial charge in [0.05, 0.1) is 24.0 Å². The van der Waals surface area contributed by atoms with Gasteiger partial charge in [-0.05, 0) is 36.6 Å². The molecule has 2 aromatic carbocycles. The van der Waals surface area contributed by atoms with Crippen LogP contribution in [0.1, 0.15) is 16.7 Å². The van der Waals surface area contributed by atoms with E-state index in [0.717, 1.165) is 16.7 Å². The van der Waals surface area contributed by atoms with Crippen LogP contribution in [0, 0.1) is 12.7 Å². The van der Waals surface area contributed by atoms with Crippen molar-refractivity contribution in [1.82, 2.24) is 4.90 Å². The fraction of sp³-hybridized carbons (Fsp3) is 0.364. The molecule has 2 aliphatic rings. The standard InChI is InChI=1S/C22H23FN2O3S2/c1-15-3-2-4-17(11-15)12-21(26)24-22-25(10-9-16-5-7-18(23)8-6-16)19-13-30(27,28)14-20(19)29-22/h2-8,11,19-20H,9-10,12-14H2,1H3. The third kappa shape index (κ3) is 4.92. The number of nitrogens with zero attached hydrogens (tertiary/aromatic N) is 2. The van der Waals surface area contributed by atoms with Gasteiger partial charge in [-0.15, -0.1) is 0 Å². The van der Waals surface area contributed by atoms with Gasteiger partial charge < -0.3 is 4.90 Å². The second-order valence-electron chi connectivity index (χ2n) is 7.82. The van der Waals surface area contributed by atoms with Gasteiger partial charge in [0.2, 0.25) is 0 Å². The first kappa shape index (κ1) is 21.1. The fourth-order valence-electron chi connectivity index (χ4n) is 3.94. The van der Waals surface area contributed by atoms with Crippen molar-refractivity contribution < 1.29 is 17.6 Å². The molecule has 2 fully saturated rings. The van der Waals surface area contributed by atoms with Gasteiger partial charge in [0.25, 0.3) is 5.91 Å². The number of carbonyl (C=O) groups is 1. The Hall–Kier alpha value is -2.19. The van der Waals surface area contributed by atoms with Crippen molar-refractivity contribution >= 4 is 32.7 Å². The fourth-order valence-corrected chi connectivity index (χ4v) is 7.94. The lowest BCUT2D eigenvalue weighted by Gasteiger charge is -2.24. The third-order valence-electron chi connectivity index (χ3n) is 5.39. The third-order valence-corrected chi connectivity index (χ3v) is 8.64. The molecule has 2 heterocycles. The van der Waals surface area contributed by atoms with Crippen LogP contribution in [-0.2, 0) is 27.5 Å². The van der Waals surface area contributed by atoms with E-state index in [1.54, 1.807) is 12.1 Å². The van der Waals surface area contributed by atoms with Crippen LogP contribution in [-0.4, -0.2) is 53.7 Å². The van der Waals surface area contributed by atoms with Crippen molar-refractivity contribution in [1.29, 1.82) is 0 Å². The van der Waals surface area contributed by atoms with Crippen LogP contribution in [0.4, 0.5) is 4.39 Å². The molecule has 2 aromatic rings. The average molecular weight is 447 g/mol. The zero-order valence-electron chi connectivity index (χ0n) is 16.6. The molecule has 2 unspecified atom stereocenters. The largest absolute Gasteiger partial charge is 0.346 e. The molecule has 8 heteroatoms. The summed E-state index contributed by atoms with van der Waals surface area (Å²) >= 11 is 1.39. The van der Waals surface area contributed by atoms with E-state index in [2.05, 4.69) is 4.99 Å². The summed E-state index contributed by atoms with van der Waals surface area (Å²) in [7, 11) is -3.08. The van der Waals surface area contributed by atoms with E-state index < -0.39 is 9.84 Å². The minimum absolute atomic E-state index is 0.0825. The van der Waals surface area contributed by atoms with Gasteiger partial charge in [-0.2, -0.15) is 4.99 Å². The van der Waals surface area contributed by atoms with Gasteiger partial charge >= 0.3 is 0 Å². The molecule has 0 saturated carbocycles. The predicted molar refractivity (Wildman–Crippen MR) is 118 cm³/mol. The van der Waals surface area contributed by atoms with Crippen molar-refractivity contribution in [3.63, 3.8) is 0 Å². The Kier molecular flexibility index (Phi) is 5.97. The smallest absolute Gasteiger partial charge is 0.252 e. The van der Waals surface area contributed by atoms with E-state index in [-0.39, 0.29) is 40.9 Å². The van der Waals surface area contributed by atoms with E-state index >= 15 is 0 Å². The molecule has 0 radical (unpaired) electrons. The zero-order chi connectivity index (χ0) is 21.3. The van der Waals surface area contributed by atoms with Gasteiger partial charge in [0, 0.05) is 11.8 Å². The number of amides is 1. The number of sulfone groups is 1. The van der Waals surface area contributed by atoms with E-state index in [9.17, 15) is 17.6 Å². The Morgan fingerprint density at radius 3 is 2.67 bits per heavy atom. The Morgan fingerprint density at radius 2 is 1.93 bits per heavy atom. The zero-order valence-corrected chi connectivity index (χ0v) is 18.3. The second-order valence-corrected chi connectivity index (χ2v) is 11.2. The molecular formula is C22H23FN2O3S2. The Labute approximate surface area is 180 Å². The second kappa shape index (κ2) is 8.51. The normalized spacial score (nSPS) is 23.7.